The zero-order valence-electron chi connectivity index (χ0n) is 10.0. The number of carboxylic acid groups (broad SMARTS) is 1. The molecular weight excluding hydrogens is 268 g/mol. The van der Waals surface area contributed by atoms with Gasteiger partial charge in [-0.2, -0.15) is 0 Å². The molecule has 0 fully saturated rings. The highest BCUT2D eigenvalue weighted by atomic mass is 16.7. The van der Waals surface area contributed by atoms with Crippen LogP contribution in [0.2, 0.25) is 0 Å². The molecule has 0 spiro atoms. The molecule has 7 heteroatoms. The molecule has 2 atom stereocenters. The van der Waals surface area contributed by atoms with Gasteiger partial charge in [-0.25, -0.2) is 4.79 Å². The third-order valence-corrected chi connectivity index (χ3v) is 3.62. The van der Waals surface area contributed by atoms with Gasteiger partial charge >= 0.3 is 5.97 Å². The average Bonchev–Trinajstić information content (AvgIpc) is 2.76. The maximum absolute atomic E-state index is 12.3. The van der Waals surface area contributed by atoms with Crippen LogP contribution in [0.4, 0.5) is 0 Å². The third-order valence-electron chi connectivity index (χ3n) is 3.62. The third kappa shape index (κ3) is 1.15. The van der Waals surface area contributed by atoms with Crippen LogP contribution in [-0.4, -0.2) is 44.4 Å². The summed E-state index contributed by atoms with van der Waals surface area (Å²) in [6.07, 6.45) is 0. The predicted molar refractivity (Wildman–Crippen MR) is 62.5 cm³/mol. The fourth-order valence-electron chi connectivity index (χ4n) is 2.75. The zero-order chi connectivity index (χ0) is 14.7. The lowest BCUT2D eigenvalue weighted by molar-refractivity contribution is -0.238. The number of aliphatic hydroxyl groups excluding tert-OH is 1. The van der Waals surface area contributed by atoms with Crippen molar-refractivity contribution in [3.8, 4) is 0 Å². The number of aliphatic carboxylic acids is 1. The van der Waals surface area contributed by atoms with E-state index < -0.39 is 41.1 Å². The maximum atomic E-state index is 12.3. The normalized spacial score (nSPS) is 31.1. The van der Waals surface area contributed by atoms with E-state index in [1.54, 1.807) is 0 Å². The van der Waals surface area contributed by atoms with E-state index in [4.69, 9.17) is 14.9 Å². The quantitative estimate of drug-likeness (QED) is 0.553. The fourth-order valence-corrected chi connectivity index (χ4v) is 2.75. The molecule has 1 aromatic rings. The number of carbonyl (C=O) groups excluding carboxylic acids is 1. The monoisotopic (exact) mass is 278 g/mol. The van der Waals surface area contributed by atoms with Crippen LogP contribution in [0.1, 0.15) is 15.9 Å². The maximum Gasteiger partial charge on any atom is 0.338 e. The molecule has 1 aliphatic carbocycles. The van der Waals surface area contributed by atoms with Gasteiger partial charge in [0, 0.05) is 11.1 Å². The summed E-state index contributed by atoms with van der Waals surface area (Å²) in [4.78, 5) is 23.6. The average molecular weight is 278 g/mol. The van der Waals surface area contributed by atoms with Gasteiger partial charge in [0.15, 0.2) is 0 Å². The van der Waals surface area contributed by atoms with Gasteiger partial charge in [0.2, 0.25) is 11.4 Å². The minimum Gasteiger partial charge on any atom is -0.478 e. The summed E-state index contributed by atoms with van der Waals surface area (Å²) in [7, 11) is 0. The summed E-state index contributed by atoms with van der Waals surface area (Å²) in [5.41, 5.74) is -3.66. The van der Waals surface area contributed by atoms with E-state index in [0.717, 1.165) is 0 Å². The van der Waals surface area contributed by atoms with E-state index in [0.29, 0.717) is 0 Å². The summed E-state index contributed by atoms with van der Waals surface area (Å²) in [6, 6.07) is 5.73. The highest BCUT2D eigenvalue weighted by molar-refractivity contribution is 6.15. The molecule has 0 radical (unpaired) electrons. The molecule has 0 unspecified atom stereocenters. The molecule has 0 saturated heterocycles. The van der Waals surface area contributed by atoms with E-state index in [9.17, 15) is 19.8 Å². The second-order valence-corrected chi connectivity index (χ2v) is 4.59. The number of fused-ring (bicyclic) bond motifs is 3. The van der Waals surface area contributed by atoms with Crippen LogP contribution in [0.25, 0.3) is 0 Å². The van der Waals surface area contributed by atoms with Crippen molar-refractivity contribution < 1.29 is 34.8 Å². The summed E-state index contributed by atoms with van der Waals surface area (Å²) < 4.78 is 5.03. The Balaban J connectivity index is 2.32. The number of hydrogen-bond acceptors (Lipinski definition) is 6. The van der Waals surface area contributed by atoms with Gasteiger partial charge in [-0.05, 0) is 0 Å². The Labute approximate surface area is 112 Å². The van der Waals surface area contributed by atoms with Crippen LogP contribution in [0, 0.1) is 0 Å². The minimum atomic E-state index is -2.76. The highest BCUT2D eigenvalue weighted by Gasteiger charge is 2.72. The standard InChI is InChI=1S/C13H10O7/c14-5-8-9(11(16)17)12(18)10(15)6-3-1-2-4-7(6)13(12,19)20-8/h1-4,14,18-19H,5H2,(H,16,17)/t12-,13+/m0/s1. The number of ketones is 1. The van der Waals surface area contributed by atoms with Crippen molar-refractivity contribution in [2.24, 2.45) is 0 Å². The molecule has 20 heavy (non-hydrogen) atoms. The molecule has 7 nitrogen and oxygen atoms in total. The van der Waals surface area contributed by atoms with Gasteiger partial charge in [0.25, 0.3) is 5.79 Å². The van der Waals surface area contributed by atoms with Gasteiger partial charge in [-0.15, -0.1) is 0 Å². The van der Waals surface area contributed by atoms with E-state index in [1.807, 2.05) is 0 Å². The van der Waals surface area contributed by atoms with Crippen molar-refractivity contribution in [1.29, 1.82) is 0 Å². The fraction of sp³-hybridized carbons (Fsp3) is 0.231. The Hall–Kier alpha value is -2.22. The van der Waals surface area contributed by atoms with Crippen molar-refractivity contribution in [3.05, 3.63) is 46.7 Å². The van der Waals surface area contributed by atoms with Gasteiger partial charge in [-0.3, -0.25) is 4.79 Å². The minimum absolute atomic E-state index is 0.0201. The largest absolute Gasteiger partial charge is 0.478 e. The van der Waals surface area contributed by atoms with Crippen molar-refractivity contribution in [1.82, 2.24) is 0 Å². The molecule has 2 aliphatic rings. The van der Waals surface area contributed by atoms with Gasteiger partial charge in [-0.1, -0.05) is 24.3 Å². The molecule has 0 saturated carbocycles. The van der Waals surface area contributed by atoms with Crippen LogP contribution in [0.15, 0.2) is 35.6 Å². The summed E-state index contributed by atoms with van der Waals surface area (Å²) in [6.45, 7) is -0.859. The van der Waals surface area contributed by atoms with Crippen LogP contribution < -0.4 is 0 Å². The van der Waals surface area contributed by atoms with Crippen molar-refractivity contribution in [2.75, 3.05) is 6.61 Å². The lowest BCUT2D eigenvalue weighted by Gasteiger charge is -2.29. The lowest BCUT2D eigenvalue weighted by atomic mass is 9.86. The topological polar surface area (TPSA) is 124 Å². The molecular formula is C13H10O7. The van der Waals surface area contributed by atoms with Crippen molar-refractivity contribution >= 4 is 11.8 Å². The number of Topliss-reactive ketones (excluding diaryl/α,β-unsaturated/α-hetero) is 1. The number of aliphatic hydroxyl groups is 3. The first-order chi connectivity index (χ1) is 9.38. The first-order valence-corrected chi connectivity index (χ1v) is 5.73. The van der Waals surface area contributed by atoms with Crippen molar-refractivity contribution in [3.63, 3.8) is 0 Å². The van der Waals surface area contributed by atoms with E-state index in [-0.39, 0.29) is 11.1 Å². The smallest absolute Gasteiger partial charge is 0.338 e. The molecule has 0 amide bonds. The summed E-state index contributed by atoms with van der Waals surface area (Å²) >= 11 is 0. The molecule has 3 rings (SSSR count). The zero-order valence-corrected chi connectivity index (χ0v) is 10.0. The number of carbonyl (C=O) groups is 2. The Morgan fingerprint density at radius 3 is 2.50 bits per heavy atom. The molecule has 1 aliphatic heterocycles. The molecule has 0 aromatic heterocycles. The Morgan fingerprint density at radius 1 is 1.25 bits per heavy atom. The SMILES string of the molecule is O=C(O)C1=C(CO)O[C@]2(O)c3ccccc3C(=O)[C@@]12O. The van der Waals surface area contributed by atoms with Gasteiger partial charge < -0.3 is 25.2 Å². The van der Waals surface area contributed by atoms with Crippen molar-refractivity contribution in [2.45, 2.75) is 11.4 Å². The predicted octanol–water partition coefficient (Wildman–Crippen LogP) is -0.880. The number of rotatable bonds is 2. The first-order valence-electron chi connectivity index (χ1n) is 5.73. The second-order valence-electron chi connectivity index (χ2n) is 4.59. The first kappa shape index (κ1) is 12.8. The highest BCUT2D eigenvalue weighted by Crippen LogP contribution is 2.54. The molecule has 1 aromatic carbocycles. The van der Waals surface area contributed by atoms with Crippen LogP contribution >= 0.6 is 0 Å². The molecule has 0 bridgehead atoms. The Kier molecular flexibility index (Phi) is 2.34. The van der Waals surface area contributed by atoms with Crippen LogP contribution in [-0.2, 0) is 15.3 Å². The van der Waals surface area contributed by atoms with E-state index in [1.165, 1.54) is 24.3 Å². The van der Waals surface area contributed by atoms with E-state index >= 15 is 0 Å². The number of ether oxygens (including phenoxy) is 1. The molecule has 4 N–H and O–H groups in total. The van der Waals surface area contributed by atoms with Gasteiger partial charge in [0.05, 0.1) is 0 Å². The summed E-state index contributed by atoms with van der Waals surface area (Å²) in [5, 5.41) is 39.4. The Bertz CT molecular complexity index is 677. The molecule has 1 heterocycles. The van der Waals surface area contributed by atoms with Crippen LogP contribution in [0.5, 0.6) is 0 Å². The lowest BCUT2D eigenvalue weighted by Crippen LogP contribution is -2.52. The summed E-state index contributed by atoms with van der Waals surface area (Å²) in [5.74, 6) is -5.69. The number of hydrogen-bond donors (Lipinski definition) is 4. The van der Waals surface area contributed by atoms with Gasteiger partial charge in [0.1, 0.15) is 17.9 Å². The Morgan fingerprint density at radius 2 is 1.90 bits per heavy atom. The second kappa shape index (κ2) is 3.66. The number of carboxylic acids is 1. The van der Waals surface area contributed by atoms with Crippen LogP contribution in [0.3, 0.4) is 0 Å². The molecule has 104 valence electrons. The van der Waals surface area contributed by atoms with E-state index in [2.05, 4.69) is 0 Å². The number of benzene rings is 1.